The minimum Gasteiger partial charge on any atom is -0.376 e. The molecule has 1 N–H and O–H groups in total. The molecular formula is C12H20BrN3O. The van der Waals surface area contributed by atoms with Gasteiger partial charge in [0.25, 0.3) is 0 Å². The fraction of sp³-hybridized carbons (Fsp3) is 0.750. The molecule has 1 aliphatic carbocycles. The van der Waals surface area contributed by atoms with E-state index in [1.807, 2.05) is 25.0 Å². The normalized spacial score (nSPS) is 19.3. The van der Waals surface area contributed by atoms with Crippen LogP contribution in [0.1, 0.15) is 31.5 Å². The first-order chi connectivity index (χ1) is 8.19. The van der Waals surface area contributed by atoms with Gasteiger partial charge in [-0.05, 0) is 48.7 Å². The van der Waals surface area contributed by atoms with E-state index in [0.29, 0.717) is 5.92 Å². The summed E-state index contributed by atoms with van der Waals surface area (Å²) in [6.07, 6.45) is 4.64. The van der Waals surface area contributed by atoms with Gasteiger partial charge in [-0.1, -0.05) is 0 Å². The standard InChI is InChI=1S/C12H20BrN3O/c1-4-17-12(8-5-6-8)10(14-2)11-9(13)7-15-16(11)3/h7-8,10,12,14H,4-6H2,1-3H3. The molecule has 5 heteroatoms. The minimum absolute atomic E-state index is 0.198. The summed E-state index contributed by atoms with van der Waals surface area (Å²) >= 11 is 3.57. The van der Waals surface area contributed by atoms with Crippen LogP contribution in [0, 0.1) is 5.92 Å². The zero-order chi connectivity index (χ0) is 12.4. The van der Waals surface area contributed by atoms with Crippen molar-refractivity contribution in [1.82, 2.24) is 15.1 Å². The fourth-order valence-electron chi connectivity index (χ4n) is 2.35. The van der Waals surface area contributed by atoms with Gasteiger partial charge in [-0.25, -0.2) is 0 Å². The predicted molar refractivity (Wildman–Crippen MR) is 70.8 cm³/mol. The zero-order valence-electron chi connectivity index (χ0n) is 10.6. The minimum atomic E-state index is 0.198. The largest absolute Gasteiger partial charge is 0.376 e. The van der Waals surface area contributed by atoms with Crippen molar-refractivity contribution in [1.29, 1.82) is 0 Å². The summed E-state index contributed by atoms with van der Waals surface area (Å²) in [5.74, 6) is 0.689. The van der Waals surface area contributed by atoms with Crippen LogP contribution in [0.3, 0.4) is 0 Å². The molecule has 0 radical (unpaired) electrons. The van der Waals surface area contributed by atoms with Gasteiger partial charge in [0.1, 0.15) is 0 Å². The molecule has 1 aromatic rings. The lowest BCUT2D eigenvalue weighted by Crippen LogP contribution is -2.35. The first-order valence-corrected chi connectivity index (χ1v) is 6.94. The van der Waals surface area contributed by atoms with Crippen LogP contribution >= 0.6 is 15.9 Å². The Kier molecular flexibility index (Phi) is 4.22. The molecule has 0 aliphatic heterocycles. The van der Waals surface area contributed by atoms with E-state index < -0.39 is 0 Å². The summed E-state index contributed by atoms with van der Waals surface area (Å²) in [6, 6.07) is 0.198. The van der Waals surface area contributed by atoms with Gasteiger partial charge in [0.05, 0.1) is 28.5 Å². The molecular weight excluding hydrogens is 282 g/mol. The van der Waals surface area contributed by atoms with Gasteiger partial charge in [-0.3, -0.25) is 4.68 Å². The molecule has 0 saturated heterocycles. The highest BCUT2D eigenvalue weighted by atomic mass is 79.9. The van der Waals surface area contributed by atoms with Crippen molar-refractivity contribution in [3.63, 3.8) is 0 Å². The van der Waals surface area contributed by atoms with Crippen LogP contribution in [0.5, 0.6) is 0 Å². The van der Waals surface area contributed by atoms with Crippen LogP contribution in [0.4, 0.5) is 0 Å². The van der Waals surface area contributed by atoms with Crippen molar-refractivity contribution in [2.45, 2.75) is 31.9 Å². The summed E-state index contributed by atoms with van der Waals surface area (Å²) in [7, 11) is 3.96. The Morgan fingerprint density at radius 2 is 2.35 bits per heavy atom. The number of nitrogens with one attached hydrogen (secondary N) is 1. The van der Waals surface area contributed by atoms with Crippen LogP contribution in [0.15, 0.2) is 10.7 Å². The quantitative estimate of drug-likeness (QED) is 0.876. The Labute approximate surface area is 111 Å². The maximum absolute atomic E-state index is 5.93. The smallest absolute Gasteiger partial charge is 0.0813 e. The van der Waals surface area contributed by atoms with Crippen molar-refractivity contribution < 1.29 is 4.74 Å². The highest BCUT2D eigenvalue weighted by molar-refractivity contribution is 9.10. The summed E-state index contributed by atoms with van der Waals surface area (Å²) in [5.41, 5.74) is 1.16. The number of aromatic nitrogens is 2. The maximum Gasteiger partial charge on any atom is 0.0813 e. The molecule has 2 atom stereocenters. The van der Waals surface area contributed by atoms with Gasteiger partial charge in [-0.15, -0.1) is 0 Å². The lowest BCUT2D eigenvalue weighted by molar-refractivity contribution is 0.0183. The van der Waals surface area contributed by atoms with Crippen molar-refractivity contribution in [3.05, 3.63) is 16.4 Å². The molecule has 1 fully saturated rings. The number of hydrogen-bond acceptors (Lipinski definition) is 3. The van der Waals surface area contributed by atoms with Gasteiger partial charge in [0.2, 0.25) is 0 Å². The maximum atomic E-state index is 5.93. The molecule has 2 unspecified atom stereocenters. The Balaban J connectivity index is 2.24. The monoisotopic (exact) mass is 301 g/mol. The Morgan fingerprint density at radius 1 is 1.65 bits per heavy atom. The lowest BCUT2D eigenvalue weighted by Gasteiger charge is -2.27. The number of aryl methyl sites for hydroxylation is 1. The summed E-state index contributed by atoms with van der Waals surface area (Å²) in [5, 5.41) is 7.66. The van der Waals surface area contributed by atoms with Crippen molar-refractivity contribution >= 4 is 15.9 Å². The molecule has 1 saturated carbocycles. The third-order valence-electron chi connectivity index (χ3n) is 3.32. The second kappa shape index (κ2) is 5.50. The second-order valence-electron chi connectivity index (χ2n) is 4.53. The highest BCUT2D eigenvalue weighted by Gasteiger charge is 2.39. The summed E-state index contributed by atoms with van der Waals surface area (Å²) < 4.78 is 8.89. The molecule has 17 heavy (non-hydrogen) atoms. The van der Waals surface area contributed by atoms with E-state index in [-0.39, 0.29) is 12.1 Å². The average Bonchev–Trinajstić information content (AvgIpc) is 3.09. The predicted octanol–water partition coefficient (Wildman–Crippen LogP) is 2.26. The van der Waals surface area contributed by atoms with E-state index in [1.54, 1.807) is 0 Å². The highest BCUT2D eigenvalue weighted by Crippen LogP contribution is 2.41. The number of nitrogens with zero attached hydrogens (tertiary/aromatic N) is 2. The first-order valence-electron chi connectivity index (χ1n) is 6.15. The molecule has 0 amide bonds. The molecule has 1 aromatic heterocycles. The second-order valence-corrected chi connectivity index (χ2v) is 5.38. The van der Waals surface area contributed by atoms with Gasteiger partial charge in [-0.2, -0.15) is 5.10 Å². The van der Waals surface area contributed by atoms with E-state index >= 15 is 0 Å². The SMILES string of the molecule is CCOC(C1CC1)C(NC)c1c(Br)cnn1C. The molecule has 4 nitrogen and oxygen atoms in total. The van der Waals surface area contributed by atoms with Crippen molar-refractivity contribution in [3.8, 4) is 0 Å². The van der Waals surface area contributed by atoms with Crippen LogP contribution in [-0.2, 0) is 11.8 Å². The van der Waals surface area contributed by atoms with E-state index in [0.717, 1.165) is 16.8 Å². The fourth-order valence-corrected chi connectivity index (χ4v) is 2.94. The Morgan fingerprint density at radius 3 is 2.76 bits per heavy atom. The van der Waals surface area contributed by atoms with Crippen molar-refractivity contribution in [2.24, 2.45) is 13.0 Å². The van der Waals surface area contributed by atoms with Crippen LogP contribution in [0.25, 0.3) is 0 Å². The van der Waals surface area contributed by atoms with Gasteiger partial charge in [0, 0.05) is 13.7 Å². The van der Waals surface area contributed by atoms with Crippen LogP contribution in [-0.4, -0.2) is 29.5 Å². The number of rotatable bonds is 6. The third-order valence-corrected chi connectivity index (χ3v) is 3.93. The molecule has 96 valence electrons. The first kappa shape index (κ1) is 13.1. The van der Waals surface area contributed by atoms with E-state index in [1.165, 1.54) is 12.8 Å². The molecule has 2 rings (SSSR count). The molecule has 0 aromatic carbocycles. The Hall–Kier alpha value is -0.390. The van der Waals surface area contributed by atoms with Crippen LogP contribution < -0.4 is 5.32 Å². The van der Waals surface area contributed by atoms with Gasteiger partial charge >= 0.3 is 0 Å². The topological polar surface area (TPSA) is 39.1 Å². The number of likely N-dealkylation sites (N-methyl/N-ethyl adjacent to an activating group) is 1. The average molecular weight is 302 g/mol. The molecule has 1 heterocycles. The van der Waals surface area contributed by atoms with Gasteiger partial charge in [0.15, 0.2) is 0 Å². The van der Waals surface area contributed by atoms with Gasteiger partial charge < -0.3 is 10.1 Å². The van der Waals surface area contributed by atoms with Crippen molar-refractivity contribution in [2.75, 3.05) is 13.7 Å². The number of halogens is 1. The van der Waals surface area contributed by atoms with E-state index in [4.69, 9.17) is 4.74 Å². The number of hydrogen-bond donors (Lipinski definition) is 1. The van der Waals surface area contributed by atoms with Crippen LogP contribution in [0.2, 0.25) is 0 Å². The zero-order valence-corrected chi connectivity index (χ0v) is 12.2. The third kappa shape index (κ3) is 2.72. The summed E-state index contributed by atoms with van der Waals surface area (Å²) in [4.78, 5) is 0. The molecule has 1 aliphatic rings. The Bertz CT molecular complexity index is 356. The lowest BCUT2D eigenvalue weighted by atomic mass is 10.0. The van der Waals surface area contributed by atoms with E-state index in [9.17, 15) is 0 Å². The van der Waals surface area contributed by atoms with E-state index in [2.05, 4.69) is 33.3 Å². The molecule has 0 bridgehead atoms. The number of ether oxygens (including phenoxy) is 1. The molecule has 0 spiro atoms. The summed E-state index contributed by atoms with van der Waals surface area (Å²) in [6.45, 7) is 2.81.